The molecule has 1 aromatic heterocycles. The van der Waals surface area contributed by atoms with Crippen molar-refractivity contribution in [1.82, 2.24) is 4.98 Å². The van der Waals surface area contributed by atoms with Gasteiger partial charge in [-0.1, -0.05) is 23.7 Å². The van der Waals surface area contributed by atoms with Crippen LogP contribution in [0.25, 0.3) is 12.2 Å². The average molecular weight is 413 g/mol. The first kappa shape index (κ1) is 20.1. The van der Waals surface area contributed by atoms with Gasteiger partial charge in [0.25, 0.3) is 5.56 Å². The molecule has 0 saturated carbocycles. The Morgan fingerprint density at radius 2 is 1.71 bits per heavy atom. The average Bonchev–Trinajstić information content (AvgIpc) is 3.03. The Morgan fingerprint density at radius 3 is 2.32 bits per heavy atom. The Balaban J connectivity index is 1.88. The van der Waals surface area contributed by atoms with Gasteiger partial charge in [-0.3, -0.25) is 9.59 Å². The number of nitrogens with zero attached hydrogens (tertiary/aromatic N) is 1. The summed E-state index contributed by atoms with van der Waals surface area (Å²) in [7, 11) is 0. The summed E-state index contributed by atoms with van der Waals surface area (Å²) in [6.07, 6.45) is 3.27. The number of Topliss-reactive ketones (excluding diaryl/α,β-unsaturated/α-hetero) is 1. The van der Waals surface area contributed by atoms with Crippen LogP contribution in [0.15, 0.2) is 53.3 Å². The van der Waals surface area contributed by atoms with Gasteiger partial charge in [0.2, 0.25) is 0 Å². The van der Waals surface area contributed by atoms with Gasteiger partial charge in [-0.25, -0.2) is 0 Å². The molecule has 2 aromatic carbocycles. The largest absolute Gasteiger partial charge is 0.372 e. The second-order valence-electron chi connectivity index (χ2n) is 6.21. The van der Waals surface area contributed by atoms with Crippen LogP contribution in [0.1, 0.15) is 29.8 Å². The predicted octanol–water partition coefficient (Wildman–Crippen LogP) is 3.43. The maximum atomic E-state index is 12.3. The van der Waals surface area contributed by atoms with Gasteiger partial charge in [-0.15, -0.1) is 11.3 Å². The van der Waals surface area contributed by atoms with E-state index in [0.717, 1.165) is 24.3 Å². The van der Waals surface area contributed by atoms with Crippen molar-refractivity contribution in [3.05, 3.63) is 84.2 Å². The highest BCUT2D eigenvalue weighted by Gasteiger charge is 2.04. The Labute approximate surface area is 172 Å². The molecule has 0 atom stereocenters. The third-order valence-electron chi connectivity index (χ3n) is 4.39. The number of hydrogen-bond donors (Lipinski definition) is 1. The van der Waals surface area contributed by atoms with Crippen LogP contribution in [0.4, 0.5) is 5.69 Å². The van der Waals surface area contributed by atoms with Crippen LogP contribution >= 0.6 is 22.9 Å². The number of thiazole rings is 1. The number of nitrogens with one attached hydrogen (secondary N) is 1. The summed E-state index contributed by atoms with van der Waals surface area (Å²) in [5.41, 5.74) is 2.42. The first-order chi connectivity index (χ1) is 13.5. The minimum Gasteiger partial charge on any atom is -0.372 e. The van der Waals surface area contributed by atoms with Crippen LogP contribution in [0.3, 0.4) is 0 Å². The lowest BCUT2D eigenvalue weighted by Gasteiger charge is -2.20. The van der Waals surface area contributed by atoms with E-state index in [0.29, 0.717) is 19.8 Å². The highest BCUT2D eigenvalue weighted by molar-refractivity contribution is 7.07. The zero-order valence-corrected chi connectivity index (χ0v) is 17.3. The molecule has 0 unspecified atom stereocenters. The molecule has 3 rings (SSSR count). The number of benzene rings is 2. The lowest BCUT2D eigenvalue weighted by Crippen LogP contribution is -2.21. The van der Waals surface area contributed by atoms with E-state index in [4.69, 9.17) is 11.6 Å². The normalized spacial score (nSPS) is 12.4. The van der Waals surface area contributed by atoms with E-state index >= 15 is 0 Å². The predicted molar refractivity (Wildman–Crippen MR) is 118 cm³/mol. The van der Waals surface area contributed by atoms with E-state index < -0.39 is 0 Å². The molecular weight excluding hydrogens is 392 g/mol. The van der Waals surface area contributed by atoms with Crippen LogP contribution in [-0.4, -0.2) is 23.9 Å². The minimum atomic E-state index is -0.201. The van der Waals surface area contributed by atoms with Gasteiger partial charge in [0.1, 0.15) is 0 Å². The highest BCUT2D eigenvalue weighted by atomic mass is 35.5. The number of halogens is 1. The van der Waals surface area contributed by atoms with E-state index in [-0.39, 0.29) is 11.3 Å². The van der Waals surface area contributed by atoms with Crippen molar-refractivity contribution in [2.75, 3.05) is 18.0 Å². The monoisotopic (exact) mass is 412 g/mol. The van der Waals surface area contributed by atoms with Crippen LogP contribution < -0.4 is 19.7 Å². The number of rotatable bonds is 6. The fourth-order valence-electron chi connectivity index (χ4n) is 2.86. The van der Waals surface area contributed by atoms with Crippen molar-refractivity contribution in [2.45, 2.75) is 13.8 Å². The molecular formula is C22H21ClN2O2S. The van der Waals surface area contributed by atoms with Crippen molar-refractivity contribution >= 4 is 46.6 Å². The Kier molecular flexibility index (Phi) is 6.49. The molecule has 1 heterocycles. The fourth-order valence-corrected chi connectivity index (χ4v) is 3.87. The van der Waals surface area contributed by atoms with Crippen molar-refractivity contribution in [1.29, 1.82) is 0 Å². The molecule has 28 heavy (non-hydrogen) atoms. The molecule has 0 radical (unpaired) electrons. The third-order valence-corrected chi connectivity index (χ3v) is 5.61. The van der Waals surface area contributed by atoms with Crippen molar-refractivity contribution in [3.63, 3.8) is 0 Å². The molecule has 6 heteroatoms. The topological polar surface area (TPSA) is 53.2 Å². The molecule has 4 nitrogen and oxygen atoms in total. The van der Waals surface area contributed by atoms with Crippen molar-refractivity contribution in [3.8, 4) is 0 Å². The van der Waals surface area contributed by atoms with Gasteiger partial charge in [0, 0.05) is 35.4 Å². The molecule has 0 spiro atoms. The number of hydrogen-bond acceptors (Lipinski definition) is 4. The SMILES string of the molecule is CCN(CC)c1ccc(C=c2sc(=CC(=O)c3ccc(Cl)cc3)[nH]c2=O)cc1. The van der Waals surface area contributed by atoms with E-state index in [2.05, 4.69) is 35.9 Å². The standard InChI is InChI=1S/C22H21ClN2O2S/c1-3-25(4-2)18-11-5-15(6-12-18)13-20-22(27)24-21(28-20)14-19(26)16-7-9-17(23)10-8-16/h5-14H,3-4H2,1-2H3,(H,24,27). The molecule has 0 aliphatic heterocycles. The maximum absolute atomic E-state index is 12.3. The van der Waals surface area contributed by atoms with Crippen molar-refractivity contribution < 1.29 is 4.79 Å². The van der Waals surface area contributed by atoms with Crippen LogP contribution in [0, 0.1) is 0 Å². The van der Waals surface area contributed by atoms with Crippen molar-refractivity contribution in [2.24, 2.45) is 0 Å². The number of carbonyl (C=O) groups is 1. The molecule has 0 aliphatic carbocycles. The molecule has 0 saturated heterocycles. The summed E-state index contributed by atoms with van der Waals surface area (Å²) in [6, 6.07) is 14.8. The van der Waals surface area contributed by atoms with Crippen LogP contribution in [0.2, 0.25) is 5.02 Å². The van der Waals surface area contributed by atoms with Gasteiger partial charge in [-0.2, -0.15) is 0 Å². The number of aromatic amines is 1. The van der Waals surface area contributed by atoms with Gasteiger partial charge in [0.15, 0.2) is 5.78 Å². The van der Waals surface area contributed by atoms with E-state index in [9.17, 15) is 9.59 Å². The zero-order chi connectivity index (χ0) is 20.1. The van der Waals surface area contributed by atoms with E-state index in [1.54, 1.807) is 24.3 Å². The molecule has 0 aliphatic rings. The highest BCUT2D eigenvalue weighted by Crippen LogP contribution is 2.15. The molecule has 0 amide bonds. The summed E-state index contributed by atoms with van der Waals surface area (Å²) in [5.74, 6) is -0.177. The molecule has 1 N–H and O–H groups in total. The fraction of sp³-hybridized carbons (Fsp3) is 0.182. The summed E-state index contributed by atoms with van der Waals surface area (Å²) >= 11 is 7.11. The first-order valence-corrected chi connectivity index (χ1v) is 10.3. The number of H-pyrrole nitrogens is 1. The van der Waals surface area contributed by atoms with Gasteiger partial charge in [-0.05, 0) is 61.9 Å². The first-order valence-electron chi connectivity index (χ1n) is 9.07. The number of aromatic nitrogens is 1. The van der Waals surface area contributed by atoms with E-state index in [1.165, 1.54) is 17.4 Å². The minimum absolute atomic E-state index is 0.177. The Morgan fingerprint density at radius 1 is 1.07 bits per heavy atom. The van der Waals surface area contributed by atoms with Gasteiger partial charge >= 0.3 is 0 Å². The Bertz CT molecular complexity index is 1130. The number of anilines is 1. The quantitative estimate of drug-likeness (QED) is 0.631. The lowest BCUT2D eigenvalue weighted by atomic mass is 10.1. The molecule has 144 valence electrons. The summed E-state index contributed by atoms with van der Waals surface area (Å²) in [5, 5.41) is 0.574. The van der Waals surface area contributed by atoms with Crippen LogP contribution in [0.5, 0.6) is 0 Å². The summed E-state index contributed by atoms with van der Waals surface area (Å²) in [6.45, 7) is 6.15. The zero-order valence-electron chi connectivity index (χ0n) is 15.7. The molecule has 0 bridgehead atoms. The second kappa shape index (κ2) is 9.04. The number of ketones is 1. The number of carbonyl (C=O) groups excluding carboxylic acids is 1. The Hall–Kier alpha value is -2.63. The maximum Gasteiger partial charge on any atom is 0.266 e. The van der Waals surface area contributed by atoms with Gasteiger partial charge < -0.3 is 9.88 Å². The van der Waals surface area contributed by atoms with Crippen LogP contribution in [-0.2, 0) is 0 Å². The third kappa shape index (κ3) is 4.80. The second-order valence-corrected chi connectivity index (χ2v) is 7.73. The van der Waals surface area contributed by atoms with Gasteiger partial charge in [0.05, 0.1) is 9.20 Å². The van der Waals surface area contributed by atoms with E-state index in [1.807, 2.05) is 18.2 Å². The lowest BCUT2D eigenvalue weighted by molar-refractivity contribution is 0.106. The molecule has 0 fully saturated rings. The smallest absolute Gasteiger partial charge is 0.266 e. The summed E-state index contributed by atoms with van der Waals surface area (Å²) < 4.78 is 1.08. The molecule has 3 aromatic rings. The summed E-state index contributed by atoms with van der Waals surface area (Å²) in [4.78, 5) is 29.6.